The van der Waals surface area contributed by atoms with E-state index in [0.717, 1.165) is 18.4 Å². The fourth-order valence-electron chi connectivity index (χ4n) is 4.71. The van der Waals surface area contributed by atoms with Crippen LogP contribution in [0.3, 0.4) is 0 Å². The molecule has 1 amide bonds. The van der Waals surface area contributed by atoms with E-state index < -0.39 is 23.5 Å². The van der Waals surface area contributed by atoms with Gasteiger partial charge in [0.05, 0.1) is 18.8 Å². The number of rotatable bonds is 14. The summed E-state index contributed by atoms with van der Waals surface area (Å²) in [6.45, 7) is 11.9. The molecule has 5 heteroatoms. The topological polar surface area (TPSA) is 59.0 Å². The Bertz CT molecular complexity index is 620. The van der Waals surface area contributed by atoms with Crippen LogP contribution in [0.1, 0.15) is 125 Å². The predicted molar refractivity (Wildman–Crippen MR) is 131 cm³/mol. The fraction of sp³-hybridized carbons (Fsp3) is 0.889. The van der Waals surface area contributed by atoms with Gasteiger partial charge in [-0.25, -0.2) is 4.79 Å². The molecule has 0 aromatic rings. The number of carbonyl (C=O) groups is 1. The third-order valence-electron chi connectivity index (χ3n) is 6.65. The molecular weight excluding hydrogens is 402 g/mol. The molecule has 1 saturated heterocycles. The van der Waals surface area contributed by atoms with Gasteiger partial charge in [-0.1, -0.05) is 76.7 Å². The van der Waals surface area contributed by atoms with E-state index in [4.69, 9.17) is 9.47 Å². The summed E-state index contributed by atoms with van der Waals surface area (Å²) in [6, 6.07) is -0.385. The summed E-state index contributed by atoms with van der Waals surface area (Å²) in [7, 11) is 0. The van der Waals surface area contributed by atoms with Crippen LogP contribution >= 0.6 is 0 Å². The second-order valence-electron chi connectivity index (χ2n) is 11.2. The van der Waals surface area contributed by atoms with Crippen molar-refractivity contribution in [3.8, 4) is 0 Å². The quantitative estimate of drug-likeness (QED) is 0.226. The molecule has 0 bridgehead atoms. The van der Waals surface area contributed by atoms with Crippen LogP contribution in [0, 0.1) is 0 Å². The largest absolute Gasteiger partial charge is 0.444 e. The van der Waals surface area contributed by atoms with Gasteiger partial charge in [-0.15, -0.1) is 0 Å². The van der Waals surface area contributed by atoms with Gasteiger partial charge in [-0.2, -0.15) is 0 Å². The van der Waals surface area contributed by atoms with Gasteiger partial charge in [0, 0.05) is 0 Å². The summed E-state index contributed by atoms with van der Waals surface area (Å²) < 4.78 is 11.4. The van der Waals surface area contributed by atoms with Crippen LogP contribution in [0.2, 0.25) is 0 Å². The van der Waals surface area contributed by atoms with Crippen molar-refractivity contribution in [1.29, 1.82) is 0 Å². The molecule has 186 valence electrons. The van der Waals surface area contributed by atoms with Crippen molar-refractivity contribution >= 4 is 6.09 Å². The molecule has 2 rings (SSSR count). The molecule has 1 aliphatic heterocycles. The van der Waals surface area contributed by atoms with Crippen LogP contribution < -0.4 is 0 Å². The Balaban J connectivity index is 1.69. The van der Waals surface area contributed by atoms with Gasteiger partial charge >= 0.3 is 6.09 Å². The third kappa shape index (κ3) is 8.70. The first-order valence-electron chi connectivity index (χ1n) is 13.1. The molecular formula is C27H49NO4. The molecule has 5 nitrogen and oxygen atoms in total. The second kappa shape index (κ2) is 12.4. The summed E-state index contributed by atoms with van der Waals surface area (Å²) >= 11 is 0. The van der Waals surface area contributed by atoms with Gasteiger partial charge in [0.1, 0.15) is 11.3 Å². The van der Waals surface area contributed by atoms with Crippen LogP contribution in [0.4, 0.5) is 4.79 Å². The smallest absolute Gasteiger partial charge is 0.413 e. The SMILES string of the molecule is CCCCCCCCCCCCCC1=C([C@H](O)[C@H]2COC(C)(C)N2C(=O)OC(C)(C)C)C1. The van der Waals surface area contributed by atoms with Crippen molar-refractivity contribution in [2.75, 3.05) is 6.61 Å². The van der Waals surface area contributed by atoms with Crippen LogP contribution in [0.5, 0.6) is 0 Å². The number of allylic oxidation sites excluding steroid dienone is 1. The number of carbonyl (C=O) groups excluding carboxylic acids is 1. The number of aliphatic hydroxyl groups is 1. The Morgan fingerprint density at radius 2 is 1.59 bits per heavy atom. The summed E-state index contributed by atoms with van der Waals surface area (Å²) in [4.78, 5) is 14.4. The molecule has 0 spiro atoms. The standard InChI is InChI=1S/C27H49NO4/c1-7-8-9-10-11-12-13-14-15-16-17-18-21-19-22(21)24(29)23-20-31-27(5,6)28(23)25(30)32-26(2,3)4/h23-24,29H,7-20H2,1-6H3/t23-,24+/m1/s1. The Morgan fingerprint density at radius 3 is 2.12 bits per heavy atom. The molecule has 0 aromatic carbocycles. The maximum absolute atomic E-state index is 12.8. The first kappa shape index (κ1) is 27.2. The zero-order chi connectivity index (χ0) is 23.8. The van der Waals surface area contributed by atoms with Gasteiger partial charge in [0.25, 0.3) is 0 Å². The zero-order valence-electron chi connectivity index (χ0n) is 21.7. The number of nitrogens with zero attached hydrogens (tertiary/aromatic N) is 1. The summed E-state index contributed by atoms with van der Waals surface area (Å²) in [5.74, 6) is 0. The van der Waals surface area contributed by atoms with E-state index >= 15 is 0 Å². The third-order valence-corrected chi connectivity index (χ3v) is 6.65. The number of ether oxygens (including phenoxy) is 2. The molecule has 2 atom stereocenters. The molecule has 0 unspecified atom stereocenters. The lowest BCUT2D eigenvalue weighted by Gasteiger charge is -2.36. The molecule has 2 aliphatic rings. The number of unbranched alkanes of at least 4 members (excludes halogenated alkanes) is 10. The second-order valence-corrected chi connectivity index (χ2v) is 11.2. The molecule has 1 aliphatic carbocycles. The highest BCUT2D eigenvalue weighted by molar-refractivity contribution is 5.70. The minimum atomic E-state index is -0.778. The summed E-state index contributed by atoms with van der Waals surface area (Å²) in [5, 5.41) is 11.0. The highest BCUT2D eigenvalue weighted by Crippen LogP contribution is 2.42. The van der Waals surface area contributed by atoms with E-state index in [2.05, 4.69) is 6.92 Å². The van der Waals surface area contributed by atoms with Crippen LogP contribution in [0.15, 0.2) is 11.1 Å². The Hall–Kier alpha value is -1.07. The van der Waals surface area contributed by atoms with E-state index in [1.807, 2.05) is 34.6 Å². The Kier molecular flexibility index (Phi) is 10.5. The van der Waals surface area contributed by atoms with Crippen LogP contribution in [-0.4, -0.2) is 46.2 Å². The highest BCUT2D eigenvalue weighted by Gasteiger charge is 2.50. The average Bonchev–Trinajstić information content (AvgIpc) is 3.39. The minimum absolute atomic E-state index is 0.336. The predicted octanol–water partition coefficient (Wildman–Crippen LogP) is 7.12. The lowest BCUT2D eigenvalue weighted by molar-refractivity contribution is -0.0663. The maximum Gasteiger partial charge on any atom is 0.413 e. The van der Waals surface area contributed by atoms with E-state index in [1.165, 1.54) is 76.2 Å². The van der Waals surface area contributed by atoms with Crippen LogP contribution in [-0.2, 0) is 9.47 Å². The molecule has 0 aromatic heterocycles. The summed E-state index contributed by atoms with van der Waals surface area (Å²) in [6.07, 6.45) is 15.7. The van der Waals surface area contributed by atoms with Gasteiger partial charge in [-0.3, -0.25) is 4.90 Å². The lowest BCUT2D eigenvalue weighted by atomic mass is 10.0. The summed E-state index contributed by atoms with van der Waals surface area (Å²) in [5.41, 5.74) is 1.13. The first-order chi connectivity index (χ1) is 15.1. The maximum atomic E-state index is 12.8. The van der Waals surface area contributed by atoms with Crippen molar-refractivity contribution in [3.05, 3.63) is 11.1 Å². The van der Waals surface area contributed by atoms with Crippen LogP contribution in [0.25, 0.3) is 0 Å². The number of hydrogen-bond acceptors (Lipinski definition) is 4. The van der Waals surface area contributed by atoms with E-state index in [0.29, 0.717) is 6.61 Å². The molecule has 32 heavy (non-hydrogen) atoms. The van der Waals surface area contributed by atoms with Crippen molar-refractivity contribution in [2.24, 2.45) is 0 Å². The average molecular weight is 452 g/mol. The number of amides is 1. The Labute approximate surface area is 196 Å². The van der Waals surface area contributed by atoms with Crippen molar-refractivity contribution < 1.29 is 19.4 Å². The highest BCUT2D eigenvalue weighted by atomic mass is 16.6. The first-order valence-corrected chi connectivity index (χ1v) is 13.1. The normalized spacial score (nSPS) is 21.2. The van der Waals surface area contributed by atoms with E-state index in [9.17, 15) is 9.90 Å². The van der Waals surface area contributed by atoms with E-state index in [-0.39, 0.29) is 6.04 Å². The number of hydrogen-bond donors (Lipinski definition) is 1. The molecule has 1 N–H and O–H groups in total. The minimum Gasteiger partial charge on any atom is -0.444 e. The van der Waals surface area contributed by atoms with Gasteiger partial charge in [0.2, 0.25) is 0 Å². The molecule has 1 heterocycles. The van der Waals surface area contributed by atoms with Gasteiger partial charge < -0.3 is 14.6 Å². The van der Waals surface area contributed by atoms with Crippen molar-refractivity contribution in [2.45, 2.75) is 148 Å². The zero-order valence-corrected chi connectivity index (χ0v) is 21.7. The molecule has 0 saturated carbocycles. The Morgan fingerprint density at radius 1 is 1.06 bits per heavy atom. The molecule has 0 radical (unpaired) electrons. The lowest BCUT2D eigenvalue weighted by Crippen LogP contribution is -2.53. The van der Waals surface area contributed by atoms with Gasteiger partial charge in [0.15, 0.2) is 0 Å². The fourth-order valence-corrected chi connectivity index (χ4v) is 4.71. The van der Waals surface area contributed by atoms with E-state index in [1.54, 1.807) is 4.90 Å². The van der Waals surface area contributed by atoms with Crippen molar-refractivity contribution in [1.82, 2.24) is 4.90 Å². The monoisotopic (exact) mass is 451 g/mol. The van der Waals surface area contributed by atoms with Crippen molar-refractivity contribution in [3.63, 3.8) is 0 Å². The molecule has 1 fully saturated rings. The number of aliphatic hydroxyl groups excluding tert-OH is 1. The van der Waals surface area contributed by atoms with Gasteiger partial charge in [-0.05, 0) is 59.5 Å².